The second kappa shape index (κ2) is 8.99. The summed E-state index contributed by atoms with van der Waals surface area (Å²) in [6.07, 6.45) is 0.222. The number of nitrogens with zero attached hydrogens (tertiary/aromatic N) is 1. The Morgan fingerprint density at radius 2 is 1.88 bits per heavy atom. The van der Waals surface area contributed by atoms with Crippen LogP contribution in [0.3, 0.4) is 0 Å². The van der Waals surface area contributed by atoms with E-state index in [1.54, 1.807) is 31.1 Å². The molecule has 1 amide bonds. The number of halogens is 1. The Morgan fingerprint density at radius 3 is 2.48 bits per heavy atom. The van der Waals surface area contributed by atoms with Crippen LogP contribution in [0.25, 0.3) is 0 Å². The number of carbonyl (C=O) groups excluding carboxylic acids is 1. The van der Waals surface area contributed by atoms with Gasteiger partial charge in [0.25, 0.3) is 5.91 Å². The summed E-state index contributed by atoms with van der Waals surface area (Å²) < 4.78 is 0. The van der Waals surface area contributed by atoms with Crippen LogP contribution in [0.2, 0.25) is 5.02 Å². The van der Waals surface area contributed by atoms with E-state index in [1.165, 1.54) is 0 Å². The van der Waals surface area contributed by atoms with Crippen LogP contribution in [0.1, 0.15) is 34.5 Å². The molecule has 0 bridgehead atoms. The predicted molar refractivity (Wildman–Crippen MR) is 102 cm³/mol. The van der Waals surface area contributed by atoms with Crippen LogP contribution in [0.4, 0.5) is 0 Å². The van der Waals surface area contributed by atoms with Crippen molar-refractivity contribution in [3.8, 4) is 0 Å². The minimum absolute atomic E-state index is 0.00219. The van der Waals surface area contributed by atoms with E-state index in [1.807, 2.05) is 36.4 Å². The van der Waals surface area contributed by atoms with Crippen LogP contribution in [0.15, 0.2) is 48.5 Å². The molecule has 0 radical (unpaired) electrons. The number of amides is 1. The van der Waals surface area contributed by atoms with Crippen molar-refractivity contribution < 1.29 is 9.90 Å². The van der Waals surface area contributed by atoms with Crippen molar-refractivity contribution in [3.63, 3.8) is 0 Å². The Bertz CT molecular complexity index is 701. The average molecular weight is 361 g/mol. The lowest BCUT2D eigenvalue weighted by Crippen LogP contribution is -2.32. The Labute approximate surface area is 154 Å². The van der Waals surface area contributed by atoms with Crippen molar-refractivity contribution in [2.24, 2.45) is 0 Å². The molecule has 0 aliphatic carbocycles. The summed E-state index contributed by atoms with van der Waals surface area (Å²) in [6, 6.07) is 15.1. The molecule has 0 aliphatic rings. The van der Waals surface area contributed by atoms with Gasteiger partial charge in [-0.05, 0) is 48.7 Å². The van der Waals surface area contributed by atoms with Crippen molar-refractivity contribution in [3.05, 3.63) is 70.2 Å². The van der Waals surface area contributed by atoms with Gasteiger partial charge >= 0.3 is 0 Å². The zero-order valence-electron chi connectivity index (χ0n) is 14.9. The van der Waals surface area contributed by atoms with Crippen LogP contribution in [0.5, 0.6) is 0 Å². The molecule has 0 heterocycles. The minimum atomic E-state index is -0.596. The molecule has 0 saturated heterocycles. The van der Waals surface area contributed by atoms with E-state index in [4.69, 9.17) is 11.6 Å². The minimum Gasteiger partial charge on any atom is -0.387 e. The molecule has 0 saturated carbocycles. The van der Waals surface area contributed by atoms with E-state index >= 15 is 0 Å². The van der Waals surface area contributed by atoms with Gasteiger partial charge in [0.05, 0.1) is 6.10 Å². The normalized spacial score (nSPS) is 13.3. The molecule has 2 rings (SSSR count). The summed E-state index contributed by atoms with van der Waals surface area (Å²) in [6.45, 7) is 2.53. The van der Waals surface area contributed by atoms with Gasteiger partial charge in [0, 0.05) is 37.3 Å². The predicted octanol–water partition coefficient (Wildman–Crippen LogP) is 3.30. The van der Waals surface area contributed by atoms with Crippen LogP contribution in [-0.4, -0.2) is 42.6 Å². The zero-order chi connectivity index (χ0) is 18.4. The van der Waals surface area contributed by atoms with Gasteiger partial charge in [0.15, 0.2) is 0 Å². The molecule has 25 heavy (non-hydrogen) atoms. The van der Waals surface area contributed by atoms with Crippen molar-refractivity contribution in [2.75, 3.05) is 20.6 Å². The summed E-state index contributed by atoms with van der Waals surface area (Å²) in [5.74, 6) is 0.00219. The number of aliphatic hydroxyl groups is 1. The van der Waals surface area contributed by atoms with E-state index in [-0.39, 0.29) is 11.9 Å². The van der Waals surface area contributed by atoms with Crippen molar-refractivity contribution in [1.29, 1.82) is 0 Å². The first kappa shape index (κ1) is 19.4. The number of rotatable bonds is 7. The van der Waals surface area contributed by atoms with E-state index < -0.39 is 6.10 Å². The molecule has 5 heteroatoms. The maximum atomic E-state index is 11.9. The van der Waals surface area contributed by atoms with Gasteiger partial charge in [-0.2, -0.15) is 0 Å². The highest BCUT2D eigenvalue weighted by molar-refractivity contribution is 6.30. The van der Waals surface area contributed by atoms with Gasteiger partial charge in [-0.3, -0.25) is 4.79 Å². The van der Waals surface area contributed by atoms with Crippen molar-refractivity contribution >= 4 is 17.5 Å². The van der Waals surface area contributed by atoms with E-state index in [9.17, 15) is 9.90 Å². The van der Waals surface area contributed by atoms with Gasteiger partial charge in [-0.25, -0.2) is 0 Å². The van der Waals surface area contributed by atoms with Gasteiger partial charge in [0.1, 0.15) is 0 Å². The molecule has 0 spiro atoms. The number of hydrogen-bond donors (Lipinski definition) is 2. The number of aliphatic hydroxyl groups excluding tert-OH is 1. The Morgan fingerprint density at radius 1 is 1.20 bits per heavy atom. The van der Waals surface area contributed by atoms with Crippen LogP contribution < -0.4 is 5.32 Å². The second-order valence-corrected chi connectivity index (χ2v) is 6.92. The van der Waals surface area contributed by atoms with Gasteiger partial charge in [-0.15, -0.1) is 0 Å². The highest BCUT2D eigenvalue weighted by Crippen LogP contribution is 2.17. The summed E-state index contributed by atoms with van der Waals surface area (Å²) in [5, 5.41) is 14.2. The van der Waals surface area contributed by atoms with Crippen LogP contribution in [0, 0.1) is 0 Å². The summed E-state index contributed by atoms with van der Waals surface area (Å²) in [7, 11) is 3.49. The van der Waals surface area contributed by atoms with Crippen molar-refractivity contribution in [2.45, 2.75) is 25.5 Å². The third kappa shape index (κ3) is 5.85. The number of hydrogen-bond acceptors (Lipinski definition) is 3. The molecule has 4 nitrogen and oxygen atoms in total. The molecule has 0 aliphatic heterocycles. The van der Waals surface area contributed by atoms with Gasteiger partial charge < -0.3 is 15.3 Å². The molecular formula is C20H25ClN2O2. The first-order valence-electron chi connectivity index (χ1n) is 8.34. The van der Waals surface area contributed by atoms with Crippen molar-refractivity contribution in [1.82, 2.24) is 10.2 Å². The lowest BCUT2D eigenvalue weighted by Gasteiger charge is -2.18. The fourth-order valence-corrected chi connectivity index (χ4v) is 2.81. The molecule has 2 aromatic rings. The molecule has 2 N–H and O–H groups in total. The maximum absolute atomic E-state index is 11.9. The standard InChI is InChI=1S/C20H25ClN2O2/c1-14(22-13-19(24)17-5-4-6-18(21)12-17)11-15-7-9-16(10-8-15)20(25)23(2)3/h4-10,12,14,19,22,24H,11,13H2,1-3H3/t14?,19-/m0/s1. The third-order valence-corrected chi connectivity index (χ3v) is 4.28. The molecule has 0 fully saturated rings. The Hall–Kier alpha value is -1.88. The molecule has 2 atom stereocenters. The quantitative estimate of drug-likeness (QED) is 0.796. The molecule has 1 unspecified atom stereocenters. The fraction of sp³-hybridized carbons (Fsp3) is 0.350. The van der Waals surface area contributed by atoms with Gasteiger partial charge in [-0.1, -0.05) is 35.9 Å². The molecule has 2 aromatic carbocycles. The van der Waals surface area contributed by atoms with E-state index in [2.05, 4.69) is 12.2 Å². The largest absolute Gasteiger partial charge is 0.387 e. The summed E-state index contributed by atoms with van der Waals surface area (Å²) in [5.41, 5.74) is 2.64. The first-order chi connectivity index (χ1) is 11.9. The second-order valence-electron chi connectivity index (χ2n) is 6.48. The van der Waals surface area contributed by atoms with E-state index in [0.29, 0.717) is 17.1 Å². The maximum Gasteiger partial charge on any atom is 0.253 e. The number of benzene rings is 2. The Balaban J connectivity index is 1.85. The number of carbonyl (C=O) groups is 1. The summed E-state index contributed by atoms with van der Waals surface area (Å²) >= 11 is 5.95. The summed E-state index contributed by atoms with van der Waals surface area (Å²) in [4.78, 5) is 13.5. The monoisotopic (exact) mass is 360 g/mol. The first-order valence-corrected chi connectivity index (χ1v) is 8.72. The molecule has 134 valence electrons. The van der Waals surface area contributed by atoms with Crippen LogP contribution >= 0.6 is 11.6 Å². The lowest BCUT2D eigenvalue weighted by atomic mass is 10.0. The van der Waals surface area contributed by atoms with Gasteiger partial charge in [0.2, 0.25) is 0 Å². The lowest BCUT2D eigenvalue weighted by molar-refractivity contribution is 0.0827. The Kier molecular flexibility index (Phi) is 7.00. The molecule has 0 aromatic heterocycles. The highest BCUT2D eigenvalue weighted by Gasteiger charge is 2.11. The smallest absolute Gasteiger partial charge is 0.253 e. The van der Waals surface area contributed by atoms with E-state index in [0.717, 1.165) is 17.5 Å². The van der Waals surface area contributed by atoms with Crippen LogP contribution in [-0.2, 0) is 6.42 Å². The third-order valence-electron chi connectivity index (χ3n) is 4.04. The highest BCUT2D eigenvalue weighted by atomic mass is 35.5. The molecular weight excluding hydrogens is 336 g/mol. The average Bonchev–Trinajstić information content (AvgIpc) is 2.59. The topological polar surface area (TPSA) is 52.6 Å². The zero-order valence-corrected chi connectivity index (χ0v) is 15.6. The fourth-order valence-electron chi connectivity index (χ4n) is 2.61. The SMILES string of the molecule is CC(Cc1ccc(C(=O)N(C)C)cc1)NC[C@H](O)c1cccc(Cl)c1. The number of nitrogens with one attached hydrogen (secondary N) is 1.